The maximum absolute atomic E-state index is 12.3. The molecule has 1 aromatic carbocycles. The molecule has 1 N–H and O–H groups in total. The van der Waals surface area contributed by atoms with E-state index < -0.39 is 5.97 Å². The van der Waals surface area contributed by atoms with Crippen LogP contribution in [0.15, 0.2) is 24.3 Å². The lowest BCUT2D eigenvalue weighted by molar-refractivity contribution is -0.142. The summed E-state index contributed by atoms with van der Waals surface area (Å²) in [6.45, 7) is 0.502. The van der Waals surface area contributed by atoms with Gasteiger partial charge in [-0.3, -0.25) is 9.59 Å². The van der Waals surface area contributed by atoms with E-state index in [1.807, 2.05) is 0 Å². The minimum atomic E-state index is -0.876. The Balaban J connectivity index is 1.93. The third-order valence-electron chi connectivity index (χ3n) is 3.76. The van der Waals surface area contributed by atoms with Crippen LogP contribution in [0.2, 0.25) is 0 Å². The minimum absolute atomic E-state index is 0.00903. The molecule has 1 amide bonds. The third kappa shape index (κ3) is 4.38. The first-order valence-corrected chi connectivity index (χ1v) is 7.38. The highest BCUT2D eigenvalue weighted by molar-refractivity contribution is 5.79. The van der Waals surface area contributed by atoms with E-state index in [4.69, 9.17) is 14.6 Å². The molecule has 1 aliphatic heterocycles. The number of carbonyl (C=O) groups is 2. The lowest BCUT2D eigenvalue weighted by atomic mass is 9.99. The molecule has 0 saturated carbocycles. The van der Waals surface area contributed by atoms with E-state index in [0.29, 0.717) is 18.0 Å². The van der Waals surface area contributed by atoms with Crippen LogP contribution in [0.4, 0.5) is 0 Å². The average Bonchev–Trinajstić information content (AvgIpc) is 2.53. The van der Waals surface area contributed by atoms with Crippen molar-refractivity contribution in [2.75, 3.05) is 20.3 Å². The van der Waals surface area contributed by atoms with Gasteiger partial charge >= 0.3 is 5.97 Å². The molecule has 0 spiro atoms. The normalized spacial score (nSPS) is 17.9. The van der Waals surface area contributed by atoms with E-state index >= 15 is 0 Å². The van der Waals surface area contributed by atoms with Crippen LogP contribution in [0.1, 0.15) is 25.7 Å². The summed E-state index contributed by atoms with van der Waals surface area (Å²) in [4.78, 5) is 24.8. The van der Waals surface area contributed by atoms with Crippen molar-refractivity contribution in [1.82, 2.24) is 4.90 Å². The Morgan fingerprint density at radius 1 is 1.32 bits per heavy atom. The molecular formula is C16H21NO5. The first-order chi connectivity index (χ1) is 10.6. The fourth-order valence-electron chi connectivity index (χ4n) is 2.66. The molecule has 1 heterocycles. The average molecular weight is 307 g/mol. The van der Waals surface area contributed by atoms with Crippen LogP contribution >= 0.6 is 0 Å². The molecule has 1 unspecified atom stereocenters. The number of hydrogen-bond acceptors (Lipinski definition) is 4. The number of benzene rings is 1. The number of rotatable bonds is 6. The van der Waals surface area contributed by atoms with Gasteiger partial charge in [0, 0.05) is 18.7 Å². The molecule has 120 valence electrons. The van der Waals surface area contributed by atoms with Gasteiger partial charge in [0.2, 0.25) is 0 Å². The molecular weight excluding hydrogens is 286 g/mol. The van der Waals surface area contributed by atoms with Crippen LogP contribution in [0, 0.1) is 0 Å². The standard InChI is InChI=1S/C16H21NO5/c1-21-13-6-4-7-14(10-13)22-11-15(18)17-8-3-2-5-12(17)9-16(19)20/h4,6-7,10,12H,2-3,5,8-9,11H2,1H3,(H,19,20). The minimum Gasteiger partial charge on any atom is -0.497 e. The summed E-state index contributed by atoms with van der Waals surface area (Å²) in [5.41, 5.74) is 0. The van der Waals surface area contributed by atoms with Gasteiger partial charge in [-0.2, -0.15) is 0 Å². The highest BCUT2D eigenvalue weighted by Gasteiger charge is 2.28. The maximum Gasteiger partial charge on any atom is 0.305 e. The fraction of sp³-hybridized carbons (Fsp3) is 0.500. The largest absolute Gasteiger partial charge is 0.497 e. The highest BCUT2D eigenvalue weighted by Crippen LogP contribution is 2.21. The molecule has 1 fully saturated rings. The van der Waals surface area contributed by atoms with Crippen molar-refractivity contribution in [1.29, 1.82) is 0 Å². The zero-order valence-corrected chi connectivity index (χ0v) is 12.7. The topological polar surface area (TPSA) is 76.1 Å². The van der Waals surface area contributed by atoms with E-state index in [1.165, 1.54) is 0 Å². The number of likely N-dealkylation sites (tertiary alicyclic amines) is 1. The molecule has 0 radical (unpaired) electrons. The predicted octanol–water partition coefficient (Wildman–Crippen LogP) is 1.93. The van der Waals surface area contributed by atoms with Crippen LogP contribution in [0.25, 0.3) is 0 Å². The van der Waals surface area contributed by atoms with Gasteiger partial charge < -0.3 is 19.5 Å². The maximum atomic E-state index is 12.3. The van der Waals surface area contributed by atoms with Crippen molar-refractivity contribution in [3.05, 3.63) is 24.3 Å². The molecule has 6 heteroatoms. The van der Waals surface area contributed by atoms with Crippen molar-refractivity contribution < 1.29 is 24.2 Å². The predicted molar refractivity (Wildman–Crippen MR) is 80.1 cm³/mol. The number of carboxylic acids is 1. The van der Waals surface area contributed by atoms with Crippen molar-refractivity contribution in [3.8, 4) is 11.5 Å². The quantitative estimate of drug-likeness (QED) is 0.869. The molecule has 1 aliphatic rings. The van der Waals surface area contributed by atoms with Gasteiger partial charge in [-0.1, -0.05) is 6.07 Å². The van der Waals surface area contributed by atoms with Gasteiger partial charge in [0.25, 0.3) is 5.91 Å². The van der Waals surface area contributed by atoms with Crippen LogP contribution in [0.5, 0.6) is 11.5 Å². The van der Waals surface area contributed by atoms with E-state index in [1.54, 1.807) is 36.3 Å². The smallest absolute Gasteiger partial charge is 0.305 e. The van der Waals surface area contributed by atoms with Gasteiger partial charge in [0.1, 0.15) is 11.5 Å². The fourth-order valence-corrected chi connectivity index (χ4v) is 2.66. The number of carbonyl (C=O) groups excluding carboxylic acids is 1. The monoisotopic (exact) mass is 307 g/mol. The van der Waals surface area contributed by atoms with Crippen LogP contribution in [0.3, 0.4) is 0 Å². The number of ether oxygens (including phenoxy) is 2. The van der Waals surface area contributed by atoms with Crippen molar-refractivity contribution >= 4 is 11.9 Å². The molecule has 22 heavy (non-hydrogen) atoms. The molecule has 0 aliphatic carbocycles. The van der Waals surface area contributed by atoms with Gasteiger partial charge in [0.05, 0.1) is 13.5 Å². The number of amides is 1. The second kappa shape index (κ2) is 7.68. The van der Waals surface area contributed by atoms with E-state index in [-0.39, 0.29) is 25.0 Å². The lowest BCUT2D eigenvalue weighted by Gasteiger charge is -2.34. The van der Waals surface area contributed by atoms with Crippen LogP contribution in [-0.4, -0.2) is 48.2 Å². The SMILES string of the molecule is COc1cccc(OCC(=O)N2CCCCC2CC(=O)O)c1. The molecule has 1 aromatic rings. The molecule has 2 rings (SSSR count). The Hall–Kier alpha value is -2.24. The zero-order chi connectivity index (χ0) is 15.9. The van der Waals surface area contributed by atoms with Crippen LogP contribution in [-0.2, 0) is 9.59 Å². The van der Waals surface area contributed by atoms with Crippen LogP contribution < -0.4 is 9.47 Å². The van der Waals surface area contributed by atoms with E-state index in [2.05, 4.69) is 0 Å². The third-order valence-corrected chi connectivity index (χ3v) is 3.76. The summed E-state index contributed by atoms with van der Waals surface area (Å²) in [6, 6.07) is 6.81. The van der Waals surface area contributed by atoms with Gasteiger partial charge in [-0.05, 0) is 31.4 Å². The first-order valence-electron chi connectivity index (χ1n) is 7.38. The van der Waals surface area contributed by atoms with Crippen molar-refractivity contribution in [2.24, 2.45) is 0 Å². The summed E-state index contributed by atoms with van der Waals surface area (Å²) >= 11 is 0. The van der Waals surface area contributed by atoms with E-state index in [9.17, 15) is 9.59 Å². The van der Waals surface area contributed by atoms with Crippen molar-refractivity contribution in [3.63, 3.8) is 0 Å². The Labute approximate surface area is 129 Å². The number of carboxylic acid groups (broad SMARTS) is 1. The van der Waals surface area contributed by atoms with Crippen molar-refractivity contribution in [2.45, 2.75) is 31.7 Å². The van der Waals surface area contributed by atoms with Gasteiger partial charge in [-0.15, -0.1) is 0 Å². The lowest BCUT2D eigenvalue weighted by Crippen LogP contribution is -2.46. The second-order valence-electron chi connectivity index (χ2n) is 5.30. The summed E-state index contributed by atoms with van der Waals surface area (Å²) in [5, 5.41) is 8.95. The number of nitrogens with zero attached hydrogens (tertiary/aromatic N) is 1. The summed E-state index contributed by atoms with van der Waals surface area (Å²) in [6.07, 6.45) is 2.58. The Morgan fingerprint density at radius 2 is 2.09 bits per heavy atom. The molecule has 1 saturated heterocycles. The highest BCUT2D eigenvalue weighted by atomic mass is 16.5. The number of hydrogen-bond donors (Lipinski definition) is 1. The molecule has 1 atom stereocenters. The van der Waals surface area contributed by atoms with Gasteiger partial charge in [-0.25, -0.2) is 0 Å². The number of methoxy groups -OCH3 is 1. The zero-order valence-electron chi connectivity index (χ0n) is 12.7. The Morgan fingerprint density at radius 3 is 2.82 bits per heavy atom. The molecule has 0 bridgehead atoms. The number of piperidine rings is 1. The molecule has 0 aromatic heterocycles. The molecule has 6 nitrogen and oxygen atoms in total. The summed E-state index contributed by atoms with van der Waals surface area (Å²) < 4.78 is 10.6. The summed E-state index contributed by atoms with van der Waals surface area (Å²) in [7, 11) is 1.56. The second-order valence-corrected chi connectivity index (χ2v) is 5.30. The Kier molecular flexibility index (Phi) is 5.63. The van der Waals surface area contributed by atoms with Gasteiger partial charge in [0.15, 0.2) is 6.61 Å². The number of aliphatic carboxylic acids is 1. The van der Waals surface area contributed by atoms with E-state index in [0.717, 1.165) is 19.3 Å². The Bertz CT molecular complexity index is 531. The summed E-state index contributed by atoms with van der Waals surface area (Å²) in [5.74, 6) is 0.165. The first kappa shape index (κ1) is 16.1.